The number of likely N-dealkylation sites (N-methyl/N-ethyl adjacent to an activating group) is 1. The lowest BCUT2D eigenvalue weighted by atomic mass is 10.3. The molecule has 0 unspecified atom stereocenters. The number of methoxy groups -OCH3 is 1. The van der Waals surface area contributed by atoms with Crippen molar-refractivity contribution in [3.05, 3.63) is 35.3 Å². The highest BCUT2D eigenvalue weighted by Crippen LogP contribution is 2.22. The van der Waals surface area contributed by atoms with Crippen molar-refractivity contribution in [1.82, 2.24) is 14.8 Å². The number of benzene rings is 1. The van der Waals surface area contributed by atoms with E-state index in [1.165, 1.54) is 0 Å². The first-order valence-corrected chi connectivity index (χ1v) is 8.38. The number of aromatic nitrogens is 1. The Morgan fingerprint density at radius 2 is 2.04 bits per heavy atom. The minimum Gasteiger partial charge on any atom is -0.383 e. The van der Waals surface area contributed by atoms with Gasteiger partial charge < -0.3 is 14.5 Å². The Balaban J connectivity index is 2.03. The Morgan fingerprint density at radius 3 is 2.74 bits per heavy atom. The van der Waals surface area contributed by atoms with Crippen LogP contribution in [0.1, 0.15) is 5.01 Å². The molecule has 0 aliphatic carbocycles. The molecule has 0 radical (unpaired) electrons. The third-order valence-corrected chi connectivity index (χ3v) is 4.37. The summed E-state index contributed by atoms with van der Waals surface area (Å²) in [5.74, 6) is -0.0110. The van der Waals surface area contributed by atoms with Crippen molar-refractivity contribution in [2.75, 3.05) is 47.4 Å². The first kappa shape index (κ1) is 17.6. The van der Waals surface area contributed by atoms with Crippen LogP contribution in [0, 0.1) is 0 Å². The third-order valence-electron chi connectivity index (χ3n) is 3.37. The van der Waals surface area contributed by atoms with Gasteiger partial charge in [0, 0.05) is 32.8 Å². The molecule has 1 heterocycles. The normalized spacial score (nSPS) is 11.7. The van der Waals surface area contributed by atoms with Gasteiger partial charge in [-0.2, -0.15) is 0 Å². The van der Waals surface area contributed by atoms with Gasteiger partial charge in [-0.15, -0.1) is 11.3 Å². The fraction of sp³-hybridized carbons (Fsp3) is 0.412. The van der Waals surface area contributed by atoms with Crippen LogP contribution in [0.15, 0.2) is 30.3 Å². The fourth-order valence-corrected chi connectivity index (χ4v) is 2.93. The molecule has 0 aliphatic heterocycles. The van der Waals surface area contributed by atoms with E-state index in [1.54, 1.807) is 35.5 Å². The number of amides is 1. The van der Waals surface area contributed by atoms with E-state index in [0.29, 0.717) is 19.7 Å². The molecule has 124 valence electrons. The van der Waals surface area contributed by atoms with Crippen molar-refractivity contribution in [3.8, 4) is 0 Å². The molecular formula is C17H23N3O2S. The lowest BCUT2D eigenvalue weighted by Crippen LogP contribution is -2.37. The van der Waals surface area contributed by atoms with Gasteiger partial charge in [0.05, 0.1) is 16.8 Å². The second kappa shape index (κ2) is 8.76. The van der Waals surface area contributed by atoms with Crippen molar-refractivity contribution in [1.29, 1.82) is 0 Å². The zero-order valence-electron chi connectivity index (χ0n) is 13.9. The summed E-state index contributed by atoms with van der Waals surface area (Å²) >= 11 is 1.59. The predicted octanol–water partition coefficient (Wildman–Crippen LogP) is 2.35. The molecule has 1 aromatic carbocycles. The number of para-hydroxylation sites is 1. The van der Waals surface area contributed by atoms with Crippen LogP contribution in [-0.4, -0.2) is 68.1 Å². The summed E-state index contributed by atoms with van der Waals surface area (Å²) in [6.07, 6.45) is 3.39. The molecule has 0 saturated carbocycles. The Morgan fingerprint density at radius 1 is 1.26 bits per heavy atom. The van der Waals surface area contributed by atoms with E-state index in [4.69, 9.17) is 4.74 Å². The Bertz CT molecular complexity index is 634. The molecule has 6 heteroatoms. The highest BCUT2D eigenvalue weighted by molar-refractivity contribution is 7.19. The summed E-state index contributed by atoms with van der Waals surface area (Å²) in [4.78, 5) is 20.8. The van der Waals surface area contributed by atoms with Crippen molar-refractivity contribution in [2.24, 2.45) is 0 Å². The molecule has 0 spiro atoms. The van der Waals surface area contributed by atoms with Crippen LogP contribution in [0.2, 0.25) is 0 Å². The second-order valence-electron chi connectivity index (χ2n) is 5.47. The van der Waals surface area contributed by atoms with Crippen molar-refractivity contribution >= 4 is 33.5 Å². The summed E-state index contributed by atoms with van der Waals surface area (Å²) in [6.45, 7) is 2.63. The van der Waals surface area contributed by atoms with E-state index < -0.39 is 0 Å². The summed E-state index contributed by atoms with van der Waals surface area (Å²) in [5, 5.41) is 0.846. The average molecular weight is 333 g/mol. The molecule has 1 amide bonds. The lowest BCUT2D eigenvalue weighted by molar-refractivity contribution is -0.126. The maximum absolute atomic E-state index is 12.4. The first-order chi connectivity index (χ1) is 11.1. The van der Waals surface area contributed by atoms with Gasteiger partial charge in [0.25, 0.3) is 0 Å². The van der Waals surface area contributed by atoms with Gasteiger partial charge in [-0.05, 0) is 32.3 Å². The number of fused-ring (bicyclic) bond motifs is 1. The number of carbonyl (C=O) groups excluding carboxylic acids is 1. The maximum atomic E-state index is 12.4. The van der Waals surface area contributed by atoms with Crippen LogP contribution in [0.4, 0.5) is 0 Å². The molecule has 23 heavy (non-hydrogen) atoms. The third kappa shape index (κ3) is 5.42. The molecule has 0 saturated heterocycles. The minimum atomic E-state index is -0.0110. The van der Waals surface area contributed by atoms with Gasteiger partial charge in [0.2, 0.25) is 5.91 Å². The summed E-state index contributed by atoms with van der Waals surface area (Å²) in [6, 6.07) is 7.97. The van der Waals surface area contributed by atoms with Crippen molar-refractivity contribution < 1.29 is 9.53 Å². The lowest BCUT2D eigenvalue weighted by Gasteiger charge is -2.22. The molecule has 5 nitrogen and oxygen atoms in total. The highest BCUT2D eigenvalue weighted by atomic mass is 32.1. The molecule has 0 aliphatic rings. The number of hydrogen-bond donors (Lipinski definition) is 0. The molecule has 1 aromatic heterocycles. The zero-order chi connectivity index (χ0) is 16.7. The molecule has 0 bridgehead atoms. The Labute approximate surface area is 141 Å². The largest absolute Gasteiger partial charge is 0.383 e. The molecule has 0 fully saturated rings. The van der Waals surface area contributed by atoms with Gasteiger partial charge in [-0.25, -0.2) is 4.98 Å². The quantitative estimate of drug-likeness (QED) is 0.696. The van der Waals surface area contributed by atoms with Crippen LogP contribution in [-0.2, 0) is 9.53 Å². The van der Waals surface area contributed by atoms with Crippen LogP contribution in [0.3, 0.4) is 0 Å². The summed E-state index contributed by atoms with van der Waals surface area (Å²) in [5.41, 5.74) is 0.966. The van der Waals surface area contributed by atoms with E-state index in [-0.39, 0.29) is 5.91 Å². The van der Waals surface area contributed by atoms with E-state index >= 15 is 0 Å². The minimum absolute atomic E-state index is 0.0110. The number of carbonyl (C=O) groups is 1. The number of rotatable bonds is 8. The number of nitrogens with zero attached hydrogens (tertiary/aromatic N) is 3. The average Bonchev–Trinajstić information content (AvgIpc) is 2.95. The second-order valence-corrected chi connectivity index (χ2v) is 6.54. The summed E-state index contributed by atoms with van der Waals surface area (Å²) < 4.78 is 6.22. The van der Waals surface area contributed by atoms with E-state index in [0.717, 1.165) is 21.8 Å². The Kier molecular flexibility index (Phi) is 6.70. The number of ether oxygens (including phenoxy) is 1. The van der Waals surface area contributed by atoms with Gasteiger partial charge in [-0.1, -0.05) is 12.1 Å². The molecule has 2 aromatic rings. The van der Waals surface area contributed by atoms with Gasteiger partial charge in [0.15, 0.2) is 0 Å². The number of hydrogen-bond acceptors (Lipinski definition) is 5. The van der Waals surface area contributed by atoms with Gasteiger partial charge in [-0.3, -0.25) is 4.79 Å². The molecule has 2 rings (SSSR count). The smallest absolute Gasteiger partial charge is 0.246 e. The first-order valence-electron chi connectivity index (χ1n) is 7.56. The summed E-state index contributed by atoms with van der Waals surface area (Å²) in [7, 11) is 5.64. The van der Waals surface area contributed by atoms with Crippen LogP contribution in [0.25, 0.3) is 16.3 Å². The van der Waals surface area contributed by atoms with Crippen LogP contribution in [0.5, 0.6) is 0 Å². The highest BCUT2D eigenvalue weighted by Gasteiger charge is 2.11. The van der Waals surface area contributed by atoms with E-state index in [9.17, 15) is 4.79 Å². The Hall–Kier alpha value is -1.76. The van der Waals surface area contributed by atoms with Crippen molar-refractivity contribution in [2.45, 2.75) is 0 Å². The van der Waals surface area contributed by atoms with Gasteiger partial charge >= 0.3 is 0 Å². The van der Waals surface area contributed by atoms with E-state index in [1.807, 2.05) is 38.4 Å². The zero-order valence-corrected chi connectivity index (χ0v) is 14.7. The van der Waals surface area contributed by atoms with Crippen LogP contribution < -0.4 is 0 Å². The van der Waals surface area contributed by atoms with E-state index in [2.05, 4.69) is 9.88 Å². The van der Waals surface area contributed by atoms with Gasteiger partial charge in [0.1, 0.15) is 5.01 Å². The topological polar surface area (TPSA) is 45.7 Å². The predicted molar refractivity (Wildman–Crippen MR) is 95.7 cm³/mol. The molecule has 0 N–H and O–H groups in total. The van der Waals surface area contributed by atoms with Crippen molar-refractivity contribution in [3.63, 3.8) is 0 Å². The molecule has 0 atom stereocenters. The number of thiazole rings is 1. The standard InChI is InChI=1S/C17H23N3O2S/c1-19(2)10-11-20(12-13-22-3)17(21)9-8-16-18-14-6-4-5-7-15(14)23-16/h4-9H,10-13H2,1-3H3/b9-8+. The SMILES string of the molecule is COCCN(CCN(C)C)C(=O)/C=C/c1nc2ccccc2s1. The fourth-order valence-electron chi connectivity index (χ4n) is 2.06. The van der Waals surface area contributed by atoms with Crippen LogP contribution >= 0.6 is 11.3 Å². The monoisotopic (exact) mass is 333 g/mol. The molecular weight excluding hydrogens is 310 g/mol. The maximum Gasteiger partial charge on any atom is 0.246 e.